The highest BCUT2D eigenvalue weighted by Gasteiger charge is 2.20. The average Bonchev–Trinajstić information content (AvgIpc) is 3.13. The van der Waals surface area contributed by atoms with Crippen molar-refractivity contribution >= 4 is 11.7 Å². The summed E-state index contributed by atoms with van der Waals surface area (Å²) in [5.74, 6) is 0.379. The number of nitrogens with one attached hydrogen (secondary N) is 2. The summed E-state index contributed by atoms with van der Waals surface area (Å²) in [7, 11) is 0. The summed E-state index contributed by atoms with van der Waals surface area (Å²) in [6, 6.07) is 7.65. The highest BCUT2D eigenvalue weighted by molar-refractivity contribution is 5.89. The number of aliphatic hydroxyl groups is 1. The molecule has 0 bridgehead atoms. The van der Waals surface area contributed by atoms with Crippen LogP contribution in [0.4, 0.5) is 10.5 Å². The van der Waals surface area contributed by atoms with Crippen LogP contribution in [0.15, 0.2) is 24.3 Å². The molecule has 138 valence electrons. The lowest BCUT2D eigenvalue weighted by Crippen LogP contribution is -2.35. The van der Waals surface area contributed by atoms with Crippen LogP contribution in [0.25, 0.3) is 0 Å². The smallest absolute Gasteiger partial charge is 0.319 e. The van der Waals surface area contributed by atoms with Crippen LogP contribution in [-0.2, 0) is 11.3 Å². The molecule has 5 heteroatoms. The molecule has 2 unspecified atom stereocenters. The van der Waals surface area contributed by atoms with Crippen LogP contribution < -0.4 is 10.6 Å². The molecule has 5 nitrogen and oxygen atoms in total. The number of rotatable bonds is 6. The number of ether oxygens (including phenoxy) is 1. The molecule has 3 rings (SSSR count). The van der Waals surface area contributed by atoms with Crippen LogP contribution in [0.2, 0.25) is 0 Å². The van der Waals surface area contributed by atoms with Gasteiger partial charge in [-0.1, -0.05) is 31.4 Å². The number of urea groups is 1. The standard InChI is InChI=1S/C20H30N2O3/c23-18-5-3-4-16(12-18)13-21-20(24)22-17-10-8-15(9-11-17)14-25-19-6-1-2-7-19/h8-11,16,18-19,23H,1-7,12-14H2,(H2,21,22,24). The summed E-state index contributed by atoms with van der Waals surface area (Å²) in [5.41, 5.74) is 1.92. The van der Waals surface area contributed by atoms with Crippen LogP contribution in [0.3, 0.4) is 0 Å². The zero-order valence-corrected chi connectivity index (χ0v) is 14.9. The van der Waals surface area contributed by atoms with Gasteiger partial charge < -0.3 is 20.5 Å². The maximum absolute atomic E-state index is 12.0. The predicted molar refractivity (Wildman–Crippen MR) is 98.5 cm³/mol. The Balaban J connectivity index is 1.37. The Bertz CT molecular complexity index is 540. The summed E-state index contributed by atoms with van der Waals surface area (Å²) in [6.07, 6.45) is 8.92. The van der Waals surface area contributed by atoms with Crippen LogP contribution in [-0.4, -0.2) is 29.9 Å². The van der Waals surface area contributed by atoms with Crippen molar-refractivity contribution in [3.63, 3.8) is 0 Å². The van der Waals surface area contributed by atoms with Gasteiger partial charge in [0.2, 0.25) is 0 Å². The molecule has 1 aromatic carbocycles. The molecule has 0 aliphatic heterocycles. The molecule has 2 fully saturated rings. The normalized spacial score (nSPS) is 24.2. The molecule has 25 heavy (non-hydrogen) atoms. The topological polar surface area (TPSA) is 70.6 Å². The van der Waals surface area contributed by atoms with E-state index in [1.807, 2.05) is 24.3 Å². The quantitative estimate of drug-likeness (QED) is 0.733. The van der Waals surface area contributed by atoms with E-state index in [4.69, 9.17) is 4.74 Å². The number of hydrogen-bond donors (Lipinski definition) is 3. The molecule has 0 spiro atoms. The number of aliphatic hydroxyl groups excluding tert-OH is 1. The lowest BCUT2D eigenvalue weighted by molar-refractivity contribution is 0.0457. The number of carbonyl (C=O) groups is 1. The van der Waals surface area contributed by atoms with E-state index in [1.165, 1.54) is 25.7 Å². The Morgan fingerprint density at radius 2 is 1.84 bits per heavy atom. The number of carbonyl (C=O) groups excluding carboxylic acids is 1. The monoisotopic (exact) mass is 346 g/mol. The zero-order chi connectivity index (χ0) is 17.5. The van der Waals surface area contributed by atoms with Crippen molar-refractivity contribution in [1.29, 1.82) is 0 Å². The molecular formula is C20H30N2O3. The van der Waals surface area contributed by atoms with Gasteiger partial charge in [0.05, 0.1) is 18.8 Å². The first-order valence-electron chi connectivity index (χ1n) is 9.62. The fraction of sp³-hybridized carbons (Fsp3) is 0.650. The first-order valence-corrected chi connectivity index (χ1v) is 9.62. The van der Waals surface area contributed by atoms with Gasteiger partial charge in [0.15, 0.2) is 0 Å². The van der Waals surface area contributed by atoms with Crippen molar-refractivity contribution in [2.45, 2.75) is 70.2 Å². The summed E-state index contributed by atoms with van der Waals surface area (Å²) >= 11 is 0. The predicted octanol–water partition coefficient (Wildman–Crippen LogP) is 3.82. The third-order valence-electron chi connectivity index (χ3n) is 5.31. The minimum absolute atomic E-state index is 0.185. The molecule has 3 N–H and O–H groups in total. The molecule has 2 atom stereocenters. The van der Waals surface area contributed by atoms with E-state index < -0.39 is 0 Å². The summed E-state index contributed by atoms with van der Waals surface area (Å²) in [4.78, 5) is 12.0. The van der Waals surface area contributed by atoms with Crippen molar-refractivity contribution in [1.82, 2.24) is 5.32 Å². The largest absolute Gasteiger partial charge is 0.393 e. The van der Waals surface area contributed by atoms with Gasteiger partial charge in [-0.2, -0.15) is 0 Å². The SMILES string of the molecule is O=C(NCC1CCCC(O)C1)Nc1ccc(COC2CCCC2)cc1. The second-order valence-corrected chi connectivity index (χ2v) is 7.44. The number of hydrogen-bond acceptors (Lipinski definition) is 3. The van der Waals surface area contributed by atoms with E-state index in [0.29, 0.717) is 25.2 Å². The third kappa shape index (κ3) is 6.01. The highest BCUT2D eigenvalue weighted by atomic mass is 16.5. The zero-order valence-electron chi connectivity index (χ0n) is 14.9. The van der Waals surface area contributed by atoms with Gasteiger partial charge in [0, 0.05) is 12.2 Å². The van der Waals surface area contributed by atoms with E-state index in [9.17, 15) is 9.90 Å². The molecule has 0 radical (unpaired) electrons. The van der Waals surface area contributed by atoms with E-state index in [1.54, 1.807) is 0 Å². The Morgan fingerprint density at radius 1 is 1.08 bits per heavy atom. The maximum Gasteiger partial charge on any atom is 0.319 e. The van der Waals surface area contributed by atoms with E-state index in [2.05, 4.69) is 10.6 Å². The summed E-state index contributed by atoms with van der Waals surface area (Å²) < 4.78 is 5.90. The van der Waals surface area contributed by atoms with Crippen LogP contribution >= 0.6 is 0 Å². The molecule has 2 saturated carbocycles. The van der Waals surface area contributed by atoms with Crippen LogP contribution in [0, 0.1) is 5.92 Å². The van der Waals surface area contributed by atoms with Gasteiger partial charge >= 0.3 is 6.03 Å². The Morgan fingerprint density at radius 3 is 2.56 bits per heavy atom. The Labute approximate surface area is 150 Å². The number of anilines is 1. The second kappa shape index (κ2) is 9.20. The molecule has 2 amide bonds. The van der Waals surface area contributed by atoms with Gasteiger partial charge in [-0.05, 0) is 55.7 Å². The first-order chi connectivity index (χ1) is 12.2. The number of benzene rings is 1. The lowest BCUT2D eigenvalue weighted by Gasteiger charge is -2.25. The van der Waals surface area contributed by atoms with Crippen molar-refractivity contribution in [3.8, 4) is 0 Å². The van der Waals surface area contributed by atoms with Crippen molar-refractivity contribution in [2.75, 3.05) is 11.9 Å². The Kier molecular flexibility index (Phi) is 6.70. The van der Waals surface area contributed by atoms with Gasteiger partial charge in [-0.25, -0.2) is 4.79 Å². The first kappa shape index (κ1) is 18.2. The fourth-order valence-corrected chi connectivity index (χ4v) is 3.81. The van der Waals surface area contributed by atoms with Crippen LogP contribution in [0.1, 0.15) is 56.9 Å². The maximum atomic E-state index is 12.0. The van der Waals surface area contributed by atoms with Gasteiger partial charge in [0.1, 0.15) is 0 Å². The molecule has 2 aliphatic carbocycles. The molecule has 0 aromatic heterocycles. The van der Waals surface area contributed by atoms with E-state index >= 15 is 0 Å². The Hall–Kier alpha value is -1.59. The number of amides is 2. The van der Waals surface area contributed by atoms with Crippen molar-refractivity contribution < 1.29 is 14.6 Å². The van der Waals surface area contributed by atoms with E-state index in [0.717, 1.165) is 36.9 Å². The fourth-order valence-electron chi connectivity index (χ4n) is 3.81. The average molecular weight is 346 g/mol. The summed E-state index contributed by atoms with van der Waals surface area (Å²) in [6.45, 7) is 1.26. The van der Waals surface area contributed by atoms with Crippen molar-refractivity contribution in [2.24, 2.45) is 5.92 Å². The lowest BCUT2D eigenvalue weighted by atomic mass is 9.87. The van der Waals surface area contributed by atoms with Crippen molar-refractivity contribution in [3.05, 3.63) is 29.8 Å². The minimum atomic E-state index is -0.206. The molecule has 0 heterocycles. The van der Waals surface area contributed by atoms with Gasteiger partial charge in [0.25, 0.3) is 0 Å². The molecule has 2 aliphatic rings. The van der Waals surface area contributed by atoms with Crippen LogP contribution in [0.5, 0.6) is 0 Å². The third-order valence-corrected chi connectivity index (χ3v) is 5.31. The highest BCUT2D eigenvalue weighted by Crippen LogP contribution is 2.24. The molecular weight excluding hydrogens is 316 g/mol. The summed E-state index contributed by atoms with van der Waals surface area (Å²) in [5, 5.41) is 15.5. The second-order valence-electron chi connectivity index (χ2n) is 7.44. The van der Waals surface area contributed by atoms with Gasteiger partial charge in [-0.15, -0.1) is 0 Å². The molecule has 0 saturated heterocycles. The van der Waals surface area contributed by atoms with Gasteiger partial charge in [-0.3, -0.25) is 0 Å². The minimum Gasteiger partial charge on any atom is -0.393 e. The molecule has 1 aromatic rings. The van der Waals surface area contributed by atoms with E-state index in [-0.39, 0.29) is 12.1 Å².